The fourth-order valence-corrected chi connectivity index (χ4v) is 1.63. The first kappa shape index (κ1) is 15.4. The van der Waals surface area contributed by atoms with E-state index in [1.165, 1.54) is 6.20 Å². The molecule has 6 heteroatoms. The van der Waals surface area contributed by atoms with Crippen LogP contribution in [-0.2, 0) is 0 Å². The van der Waals surface area contributed by atoms with Gasteiger partial charge >= 0.3 is 5.97 Å². The topological polar surface area (TPSA) is 95.3 Å². The van der Waals surface area contributed by atoms with Crippen LogP contribution >= 0.6 is 0 Å². The van der Waals surface area contributed by atoms with Crippen molar-refractivity contribution in [3.8, 4) is 0 Å². The van der Waals surface area contributed by atoms with Gasteiger partial charge in [0.1, 0.15) is 5.82 Å². The second-order valence-corrected chi connectivity index (χ2v) is 5.43. The van der Waals surface area contributed by atoms with Crippen LogP contribution in [0.15, 0.2) is 6.20 Å². The molecule has 0 unspecified atom stereocenters. The Morgan fingerprint density at radius 1 is 1.47 bits per heavy atom. The highest BCUT2D eigenvalue weighted by Gasteiger charge is 2.22. The van der Waals surface area contributed by atoms with E-state index in [9.17, 15) is 9.90 Å². The van der Waals surface area contributed by atoms with Gasteiger partial charge in [-0.05, 0) is 20.3 Å². The Hall–Kier alpha value is -1.69. The molecule has 0 radical (unpaired) electrons. The number of nitrogens with one attached hydrogen (secondary N) is 1. The highest BCUT2D eigenvalue weighted by atomic mass is 16.4. The normalized spacial score (nSPS) is 11.7. The molecule has 0 aliphatic carbocycles. The Labute approximate surface area is 112 Å². The standard InChI is InChI=1S/C13H21N3O3/c1-8(2)11-14-7-9(10(15-11)12(18)19)16-13(3,4)5-6-17/h7-8,16-17H,5-6H2,1-4H3,(H,18,19). The molecule has 0 fully saturated rings. The third-order valence-corrected chi connectivity index (χ3v) is 2.74. The van der Waals surface area contributed by atoms with Crippen LogP contribution in [-0.4, -0.2) is 38.3 Å². The van der Waals surface area contributed by atoms with E-state index >= 15 is 0 Å². The second-order valence-electron chi connectivity index (χ2n) is 5.43. The summed E-state index contributed by atoms with van der Waals surface area (Å²) in [4.78, 5) is 19.5. The van der Waals surface area contributed by atoms with E-state index in [-0.39, 0.29) is 18.2 Å². The summed E-state index contributed by atoms with van der Waals surface area (Å²) in [6, 6.07) is 0. The first-order valence-electron chi connectivity index (χ1n) is 6.26. The fourth-order valence-electron chi connectivity index (χ4n) is 1.63. The van der Waals surface area contributed by atoms with Gasteiger partial charge in [0, 0.05) is 18.1 Å². The van der Waals surface area contributed by atoms with E-state index in [4.69, 9.17) is 5.11 Å². The maximum Gasteiger partial charge on any atom is 0.356 e. The van der Waals surface area contributed by atoms with Crippen LogP contribution in [0.3, 0.4) is 0 Å². The van der Waals surface area contributed by atoms with Gasteiger partial charge in [-0.3, -0.25) is 0 Å². The lowest BCUT2D eigenvalue weighted by molar-refractivity contribution is 0.0691. The van der Waals surface area contributed by atoms with Crippen LogP contribution in [0.1, 0.15) is 56.3 Å². The maximum atomic E-state index is 11.3. The summed E-state index contributed by atoms with van der Waals surface area (Å²) in [5.41, 5.74) is -0.0955. The molecule has 0 bridgehead atoms. The van der Waals surface area contributed by atoms with Crippen LogP contribution in [0.4, 0.5) is 5.69 Å². The minimum Gasteiger partial charge on any atom is -0.476 e. The summed E-state index contributed by atoms with van der Waals surface area (Å²) in [6.45, 7) is 7.59. The van der Waals surface area contributed by atoms with Gasteiger partial charge in [-0.25, -0.2) is 14.8 Å². The number of hydrogen-bond acceptors (Lipinski definition) is 5. The molecule has 0 aromatic carbocycles. The molecule has 1 aromatic rings. The van der Waals surface area contributed by atoms with Crippen molar-refractivity contribution < 1.29 is 15.0 Å². The van der Waals surface area contributed by atoms with E-state index in [1.807, 2.05) is 27.7 Å². The predicted molar refractivity (Wildman–Crippen MR) is 72.5 cm³/mol. The average molecular weight is 267 g/mol. The molecular weight excluding hydrogens is 246 g/mol. The van der Waals surface area contributed by atoms with Crippen molar-refractivity contribution in [1.29, 1.82) is 0 Å². The Bertz CT molecular complexity index is 458. The monoisotopic (exact) mass is 267 g/mol. The maximum absolute atomic E-state index is 11.3. The van der Waals surface area contributed by atoms with Gasteiger partial charge in [0.2, 0.25) is 0 Å². The minimum absolute atomic E-state index is 0.0212. The van der Waals surface area contributed by atoms with Crippen LogP contribution in [0.2, 0.25) is 0 Å². The lowest BCUT2D eigenvalue weighted by atomic mass is 10.0. The Balaban J connectivity index is 3.10. The molecule has 0 atom stereocenters. The predicted octanol–water partition coefficient (Wildman–Crippen LogP) is 1.87. The molecule has 19 heavy (non-hydrogen) atoms. The van der Waals surface area contributed by atoms with Gasteiger partial charge in [0.05, 0.1) is 11.9 Å². The van der Waals surface area contributed by atoms with E-state index in [1.54, 1.807) is 0 Å². The van der Waals surface area contributed by atoms with E-state index in [2.05, 4.69) is 15.3 Å². The molecule has 0 amide bonds. The van der Waals surface area contributed by atoms with E-state index < -0.39 is 11.5 Å². The SMILES string of the molecule is CC(C)c1ncc(NC(C)(C)CCO)c(C(=O)O)n1. The number of carboxylic acids is 1. The Morgan fingerprint density at radius 3 is 2.58 bits per heavy atom. The zero-order chi connectivity index (χ0) is 14.6. The fraction of sp³-hybridized carbons (Fsp3) is 0.615. The number of aromatic carboxylic acids is 1. The lowest BCUT2D eigenvalue weighted by Crippen LogP contribution is -2.33. The van der Waals surface area contributed by atoms with Crippen molar-refractivity contribution in [3.63, 3.8) is 0 Å². The smallest absolute Gasteiger partial charge is 0.356 e. The Morgan fingerprint density at radius 2 is 2.11 bits per heavy atom. The summed E-state index contributed by atoms with van der Waals surface area (Å²) < 4.78 is 0. The quantitative estimate of drug-likeness (QED) is 0.728. The number of carboxylic acid groups (broad SMARTS) is 1. The molecule has 1 rings (SSSR count). The number of aliphatic hydroxyl groups excluding tert-OH is 1. The number of hydrogen-bond donors (Lipinski definition) is 3. The summed E-state index contributed by atoms with van der Waals surface area (Å²) in [6.07, 6.45) is 1.99. The lowest BCUT2D eigenvalue weighted by Gasteiger charge is -2.27. The molecule has 0 saturated carbocycles. The average Bonchev–Trinajstić information content (AvgIpc) is 2.27. The molecule has 1 aromatic heterocycles. The number of nitrogens with zero attached hydrogens (tertiary/aromatic N) is 2. The highest BCUT2D eigenvalue weighted by molar-refractivity contribution is 5.91. The van der Waals surface area contributed by atoms with Gasteiger partial charge < -0.3 is 15.5 Å². The molecular formula is C13H21N3O3. The minimum atomic E-state index is -1.09. The van der Waals surface area contributed by atoms with Crippen molar-refractivity contribution in [1.82, 2.24) is 9.97 Å². The summed E-state index contributed by atoms with van der Waals surface area (Å²) in [5.74, 6) is -0.521. The van der Waals surface area contributed by atoms with Crippen molar-refractivity contribution >= 4 is 11.7 Å². The van der Waals surface area contributed by atoms with Crippen LogP contribution in [0, 0.1) is 0 Å². The molecule has 0 spiro atoms. The van der Waals surface area contributed by atoms with Crippen molar-refractivity contribution in [3.05, 3.63) is 17.7 Å². The molecule has 106 valence electrons. The summed E-state index contributed by atoms with van der Waals surface area (Å²) >= 11 is 0. The van der Waals surface area contributed by atoms with Crippen molar-refractivity contribution in [2.24, 2.45) is 0 Å². The third-order valence-electron chi connectivity index (χ3n) is 2.74. The summed E-state index contributed by atoms with van der Waals surface area (Å²) in [7, 11) is 0. The van der Waals surface area contributed by atoms with Crippen LogP contribution in [0.5, 0.6) is 0 Å². The second kappa shape index (κ2) is 5.97. The number of aromatic nitrogens is 2. The Kier molecular flexibility index (Phi) is 4.83. The number of aliphatic hydroxyl groups is 1. The van der Waals surface area contributed by atoms with Gasteiger partial charge in [-0.2, -0.15) is 0 Å². The molecule has 0 aliphatic rings. The van der Waals surface area contributed by atoms with Gasteiger partial charge in [-0.15, -0.1) is 0 Å². The van der Waals surface area contributed by atoms with E-state index in [0.717, 1.165) is 0 Å². The zero-order valence-corrected chi connectivity index (χ0v) is 11.8. The van der Waals surface area contributed by atoms with Gasteiger partial charge in [0.25, 0.3) is 0 Å². The van der Waals surface area contributed by atoms with E-state index in [0.29, 0.717) is 17.9 Å². The molecule has 0 saturated heterocycles. The molecule has 3 N–H and O–H groups in total. The first-order chi connectivity index (χ1) is 8.76. The van der Waals surface area contributed by atoms with Gasteiger partial charge in [-0.1, -0.05) is 13.8 Å². The van der Waals surface area contributed by atoms with Crippen LogP contribution < -0.4 is 5.32 Å². The number of rotatable bonds is 6. The first-order valence-corrected chi connectivity index (χ1v) is 6.26. The number of anilines is 1. The highest BCUT2D eigenvalue weighted by Crippen LogP contribution is 2.21. The van der Waals surface area contributed by atoms with Crippen molar-refractivity contribution in [2.45, 2.75) is 45.6 Å². The third kappa shape index (κ3) is 4.17. The largest absolute Gasteiger partial charge is 0.476 e. The molecule has 6 nitrogen and oxygen atoms in total. The van der Waals surface area contributed by atoms with Crippen LogP contribution in [0.25, 0.3) is 0 Å². The van der Waals surface area contributed by atoms with Crippen molar-refractivity contribution in [2.75, 3.05) is 11.9 Å². The molecule has 0 aliphatic heterocycles. The zero-order valence-electron chi connectivity index (χ0n) is 11.8. The molecule has 1 heterocycles. The summed E-state index contributed by atoms with van der Waals surface area (Å²) in [5, 5.41) is 21.3. The number of carbonyl (C=O) groups is 1. The van der Waals surface area contributed by atoms with Gasteiger partial charge in [0.15, 0.2) is 5.69 Å².